The Kier molecular flexibility index (Phi) is 7.81. The smallest absolute Gasteiger partial charge is 0.132 e. The average molecular weight is 262 g/mol. The first-order chi connectivity index (χ1) is 9.29. The summed E-state index contributed by atoms with van der Waals surface area (Å²) in [5.74, 6) is 0. The zero-order valence-electron chi connectivity index (χ0n) is 13.2. The van der Waals surface area contributed by atoms with Crippen LogP contribution in [0, 0.1) is 0 Å². The Hall–Kier alpha value is -0.820. The largest absolute Gasteiger partial charge is 0.291 e. The number of para-hydroxylation sites is 1. The highest BCUT2D eigenvalue weighted by molar-refractivity contribution is 5.42. The number of hydrogen-bond acceptors (Lipinski definition) is 0. The predicted molar refractivity (Wildman–Crippen MR) is 87.6 cm³/mol. The molecule has 0 bridgehead atoms. The van der Waals surface area contributed by atoms with E-state index in [1.807, 2.05) is 0 Å². The zero-order chi connectivity index (χ0) is 14.0. The second-order valence-electron chi connectivity index (χ2n) is 5.71. The molecule has 0 atom stereocenters. The molecule has 0 aliphatic heterocycles. The molecule has 0 amide bonds. The Morgan fingerprint density at radius 1 is 0.684 bits per heavy atom. The summed E-state index contributed by atoms with van der Waals surface area (Å²) in [6, 6.07) is 11.2. The fourth-order valence-corrected chi connectivity index (χ4v) is 2.85. The molecule has 0 N–H and O–H groups in total. The van der Waals surface area contributed by atoms with Crippen LogP contribution >= 0.6 is 0 Å². The number of rotatable bonds is 10. The van der Waals surface area contributed by atoms with E-state index in [1.54, 1.807) is 0 Å². The summed E-state index contributed by atoms with van der Waals surface area (Å²) in [6.45, 7) is 10.8. The Balaban J connectivity index is 2.94. The van der Waals surface area contributed by atoms with Gasteiger partial charge in [0.25, 0.3) is 0 Å². The van der Waals surface area contributed by atoms with Gasteiger partial charge in [-0.15, -0.1) is 0 Å². The SMILES string of the molecule is CCCC[N+](CCCC)(CCCC)c1ccccc1. The number of unbranched alkanes of at least 4 members (excludes halogenated alkanes) is 3. The molecular weight excluding hydrogens is 230 g/mol. The van der Waals surface area contributed by atoms with Crippen LogP contribution in [0.3, 0.4) is 0 Å². The van der Waals surface area contributed by atoms with Crippen LogP contribution < -0.4 is 4.48 Å². The molecule has 1 aromatic carbocycles. The van der Waals surface area contributed by atoms with Crippen molar-refractivity contribution in [3.05, 3.63) is 30.3 Å². The third-order valence-electron chi connectivity index (χ3n) is 4.12. The Morgan fingerprint density at radius 2 is 1.11 bits per heavy atom. The lowest BCUT2D eigenvalue weighted by molar-refractivity contribution is 0.259. The lowest BCUT2D eigenvalue weighted by Crippen LogP contribution is -2.51. The summed E-state index contributed by atoms with van der Waals surface area (Å²) in [5, 5.41) is 0. The first-order valence-corrected chi connectivity index (χ1v) is 8.20. The van der Waals surface area contributed by atoms with Gasteiger partial charge < -0.3 is 0 Å². The van der Waals surface area contributed by atoms with Gasteiger partial charge >= 0.3 is 0 Å². The summed E-state index contributed by atoms with van der Waals surface area (Å²) in [7, 11) is 0. The van der Waals surface area contributed by atoms with Crippen LogP contribution in [-0.2, 0) is 0 Å². The van der Waals surface area contributed by atoms with E-state index in [2.05, 4.69) is 51.1 Å². The van der Waals surface area contributed by atoms with Gasteiger partial charge in [0.1, 0.15) is 5.69 Å². The van der Waals surface area contributed by atoms with Crippen LogP contribution in [0.5, 0.6) is 0 Å². The molecule has 0 aliphatic rings. The zero-order valence-corrected chi connectivity index (χ0v) is 13.2. The maximum absolute atomic E-state index is 2.33. The van der Waals surface area contributed by atoms with Gasteiger partial charge in [-0.2, -0.15) is 0 Å². The van der Waals surface area contributed by atoms with Crippen molar-refractivity contribution in [3.63, 3.8) is 0 Å². The maximum atomic E-state index is 2.33. The standard InChI is InChI=1S/C18H32N/c1-4-7-15-19(16-8-5-2,17-9-6-3)18-13-11-10-12-14-18/h10-14H,4-9,15-17H2,1-3H3/q+1. The molecular formula is C18H32N+. The first kappa shape index (κ1) is 16.2. The molecule has 0 saturated heterocycles. The quantitative estimate of drug-likeness (QED) is 0.496. The molecule has 1 aromatic rings. The Morgan fingerprint density at radius 3 is 1.47 bits per heavy atom. The summed E-state index contributed by atoms with van der Waals surface area (Å²) in [6.07, 6.45) is 7.90. The lowest BCUT2D eigenvalue weighted by Gasteiger charge is -2.38. The van der Waals surface area contributed by atoms with Crippen LogP contribution in [0.1, 0.15) is 59.3 Å². The highest BCUT2D eigenvalue weighted by Gasteiger charge is 2.28. The Bertz CT molecular complexity index is 296. The van der Waals surface area contributed by atoms with Gasteiger partial charge in [-0.05, 0) is 31.4 Å². The van der Waals surface area contributed by atoms with E-state index >= 15 is 0 Å². The van der Waals surface area contributed by atoms with Crippen LogP contribution in [0.4, 0.5) is 5.69 Å². The van der Waals surface area contributed by atoms with Crippen molar-refractivity contribution < 1.29 is 0 Å². The number of nitrogens with zero attached hydrogens (tertiary/aromatic N) is 1. The van der Waals surface area contributed by atoms with E-state index in [0.29, 0.717) is 0 Å². The predicted octanol–water partition coefficient (Wildman–Crippen LogP) is 5.39. The minimum absolute atomic E-state index is 1.20. The van der Waals surface area contributed by atoms with E-state index in [1.165, 1.54) is 68.3 Å². The monoisotopic (exact) mass is 262 g/mol. The molecule has 1 rings (SSSR count). The van der Waals surface area contributed by atoms with Gasteiger partial charge in [-0.3, -0.25) is 4.48 Å². The van der Waals surface area contributed by atoms with Crippen molar-refractivity contribution in [1.82, 2.24) is 4.48 Å². The van der Waals surface area contributed by atoms with Crippen molar-refractivity contribution in [2.45, 2.75) is 59.3 Å². The topological polar surface area (TPSA) is 0 Å². The molecule has 0 aliphatic carbocycles. The van der Waals surface area contributed by atoms with Crippen molar-refractivity contribution in [3.8, 4) is 0 Å². The molecule has 1 nitrogen and oxygen atoms in total. The number of hydrogen-bond donors (Lipinski definition) is 0. The van der Waals surface area contributed by atoms with E-state index < -0.39 is 0 Å². The van der Waals surface area contributed by atoms with Crippen molar-refractivity contribution >= 4 is 5.69 Å². The molecule has 0 unspecified atom stereocenters. The van der Waals surface area contributed by atoms with Crippen molar-refractivity contribution in [2.75, 3.05) is 19.6 Å². The van der Waals surface area contributed by atoms with Gasteiger partial charge in [0.15, 0.2) is 0 Å². The summed E-state index contributed by atoms with van der Waals surface area (Å²) in [5.41, 5.74) is 1.53. The van der Waals surface area contributed by atoms with Crippen LogP contribution in [0.15, 0.2) is 30.3 Å². The highest BCUT2D eigenvalue weighted by Crippen LogP contribution is 2.26. The maximum Gasteiger partial charge on any atom is 0.132 e. The third-order valence-corrected chi connectivity index (χ3v) is 4.12. The second kappa shape index (κ2) is 9.14. The number of benzene rings is 1. The first-order valence-electron chi connectivity index (χ1n) is 8.20. The molecule has 0 spiro atoms. The fourth-order valence-electron chi connectivity index (χ4n) is 2.85. The van der Waals surface area contributed by atoms with E-state index in [9.17, 15) is 0 Å². The molecule has 0 fully saturated rings. The van der Waals surface area contributed by atoms with Gasteiger partial charge in [-0.25, -0.2) is 0 Å². The van der Waals surface area contributed by atoms with Crippen LogP contribution in [0.25, 0.3) is 0 Å². The van der Waals surface area contributed by atoms with Crippen LogP contribution in [0.2, 0.25) is 0 Å². The lowest BCUT2D eigenvalue weighted by atomic mass is 10.1. The highest BCUT2D eigenvalue weighted by atomic mass is 15.4. The number of quaternary nitrogens is 1. The molecule has 19 heavy (non-hydrogen) atoms. The minimum atomic E-state index is 1.20. The average Bonchev–Trinajstić information content (AvgIpc) is 2.48. The molecule has 1 heteroatoms. The van der Waals surface area contributed by atoms with Gasteiger partial charge in [0.05, 0.1) is 19.6 Å². The van der Waals surface area contributed by atoms with E-state index in [-0.39, 0.29) is 0 Å². The Labute approximate surface area is 120 Å². The van der Waals surface area contributed by atoms with Crippen molar-refractivity contribution in [2.24, 2.45) is 0 Å². The van der Waals surface area contributed by atoms with Gasteiger partial charge in [0, 0.05) is 0 Å². The normalized spacial score (nSPS) is 11.7. The van der Waals surface area contributed by atoms with E-state index in [0.717, 1.165) is 0 Å². The summed E-state index contributed by atoms with van der Waals surface area (Å²) < 4.78 is 1.20. The molecule has 0 aromatic heterocycles. The fraction of sp³-hybridized carbons (Fsp3) is 0.667. The van der Waals surface area contributed by atoms with Crippen LogP contribution in [-0.4, -0.2) is 19.6 Å². The molecule has 0 saturated carbocycles. The minimum Gasteiger partial charge on any atom is -0.291 e. The molecule has 0 radical (unpaired) electrons. The van der Waals surface area contributed by atoms with E-state index in [4.69, 9.17) is 0 Å². The van der Waals surface area contributed by atoms with Gasteiger partial charge in [-0.1, -0.05) is 58.2 Å². The summed E-state index contributed by atoms with van der Waals surface area (Å²) >= 11 is 0. The molecule has 0 heterocycles. The van der Waals surface area contributed by atoms with Gasteiger partial charge in [0.2, 0.25) is 0 Å². The third kappa shape index (κ3) is 4.99. The summed E-state index contributed by atoms with van der Waals surface area (Å²) in [4.78, 5) is 0. The van der Waals surface area contributed by atoms with Crippen molar-refractivity contribution in [1.29, 1.82) is 0 Å². The second-order valence-corrected chi connectivity index (χ2v) is 5.71. The molecule has 108 valence electrons.